The predicted octanol–water partition coefficient (Wildman–Crippen LogP) is 3.35. The van der Waals surface area contributed by atoms with Crippen LogP contribution in [0, 0.1) is 25.5 Å². The van der Waals surface area contributed by atoms with E-state index in [1.54, 1.807) is 26.0 Å². The lowest BCUT2D eigenvalue weighted by atomic mass is 10.1. The molecule has 2 aromatic carbocycles. The zero-order chi connectivity index (χ0) is 14.9. The van der Waals surface area contributed by atoms with Crippen molar-refractivity contribution in [1.82, 2.24) is 0 Å². The van der Waals surface area contributed by atoms with Gasteiger partial charge < -0.3 is 4.18 Å². The topological polar surface area (TPSA) is 43.4 Å². The molecular formula is C14H12F2O3S. The first-order valence-corrected chi connectivity index (χ1v) is 7.17. The van der Waals surface area contributed by atoms with Gasteiger partial charge in [0.05, 0.1) is 0 Å². The normalized spacial score (nSPS) is 11.4. The minimum absolute atomic E-state index is 0.134. The largest absolute Gasteiger partial charge is 0.379 e. The van der Waals surface area contributed by atoms with Crippen LogP contribution >= 0.6 is 0 Å². The molecule has 20 heavy (non-hydrogen) atoms. The van der Waals surface area contributed by atoms with E-state index < -0.39 is 26.6 Å². The van der Waals surface area contributed by atoms with Crippen molar-refractivity contribution in [3.8, 4) is 5.75 Å². The van der Waals surface area contributed by atoms with Gasteiger partial charge in [-0.1, -0.05) is 12.1 Å². The van der Waals surface area contributed by atoms with Crippen molar-refractivity contribution in [3.63, 3.8) is 0 Å². The van der Waals surface area contributed by atoms with Crippen LogP contribution in [0.1, 0.15) is 11.1 Å². The average molecular weight is 298 g/mol. The highest BCUT2D eigenvalue weighted by molar-refractivity contribution is 7.87. The molecule has 0 unspecified atom stereocenters. The molecule has 2 aromatic rings. The van der Waals surface area contributed by atoms with E-state index in [1.165, 1.54) is 6.07 Å². The molecule has 0 aliphatic carbocycles. The Kier molecular flexibility index (Phi) is 3.76. The molecule has 0 aliphatic heterocycles. The van der Waals surface area contributed by atoms with E-state index in [0.717, 1.165) is 5.56 Å². The van der Waals surface area contributed by atoms with Crippen molar-refractivity contribution < 1.29 is 21.4 Å². The van der Waals surface area contributed by atoms with Crippen molar-refractivity contribution in [2.75, 3.05) is 0 Å². The van der Waals surface area contributed by atoms with Gasteiger partial charge in [0.2, 0.25) is 0 Å². The second kappa shape index (κ2) is 5.20. The van der Waals surface area contributed by atoms with Crippen LogP contribution in [0.3, 0.4) is 0 Å². The number of benzene rings is 2. The van der Waals surface area contributed by atoms with E-state index >= 15 is 0 Å². The summed E-state index contributed by atoms with van der Waals surface area (Å²) in [5.41, 5.74) is 1.50. The third-order valence-electron chi connectivity index (χ3n) is 2.88. The minimum Gasteiger partial charge on any atom is -0.379 e. The Bertz CT molecular complexity index is 735. The van der Waals surface area contributed by atoms with Gasteiger partial charge in [-0.2, -0.15) is 8.42 Å². The molecule has 0 saturated carbocycles. The van der Waals surface area contributed by atoms with Gasteiger partial charge in [0.15, 0.2) is 0 Å². The van der Waals surface area contributed by atoms with E-state index in [9.17, 15) is 17.2 Å². The van der Waals surface area contributed by atoms with Crippen LogP contribution in [0.5, 0.6) is 5.75 Å². The van der Waals surface area contributed by atoms with E-state index in [2.05, 4.69) is 0 Å². The van der Waals surface area contributed by atoms with Gasteiger partial charge in [0, 0.05) is 6.07 Å². The Morgan fingerprint density at radius 1 is 1.00 bits per heavy atom. The van der Waals surface area contributed by atoms with Gasteiger partial charge in [0.1, 0.15) is 22.3 Å². The summed E-state index contributed by atoms with van der Waals surface area (Å²) in [5, 5.41) is 0. The molecule has 0 aromatic heterocycles. The maximum Gasteiger partial charge on any atom is 0.339 e. The van der Waals surface area contributed by atoms with Gasteiger partial charge in [-0.05, 0) is 43.2 Å². The Balaban J connectivity index is 2.43. The fourth-order valence-electron chi connectivity index (χ4n) is 1.65. The highest BCUT2D eigenvalue weighted by Gasteiger charge is 2.20. The van der Waals surface area contributed by atoms with Crippen molar-refractivity contribution in [3.05, 3.63) is 59.2 Å². The summed E-state index contributed by atoms with van der Waals surface area (Å²) in [4.78, 5) is -0.559. The van der Waals surface area contributed by atoms with Crippen LogP contribution in [-0.4, -0.2) is 8.42 Å². The number of hydrogen-bond acceptors (Lipinski definition) is 3. The van der Waals surface area contributed by atoms with Gasteiger partial charge in [-0.25, -0.2) is 8.78 Å². The van der Waals surface area contributed by atoms with Gasteiger partial charge in [-0.3, -0.25) is 0 Å². The third kappa shape index (κ3) is 2.96. The molecular weight excluding hydrogens is 286 g/mol. The first-order chi connectivity index (χ1) is 9.29. The predicted molar refractivity (Wildman–Crippen MR) is 70.1 cm³/mol. The lowest BCUT2D eigenvalue weighted by Gasteiger charge is -2.11. The minimum atomic E-state index is -4.28. The maximum absolute atomic E-state index is 13.1. The van der Waals surface area contributed by atoms with E-state index in [1.807, 2.05) is 0 Å². The smallest absolute Gasteiger partial charge is 0.339 e. The summed E-state index contributed by atoms with van der Waals surface area (Å²) < 4.78 is 55.1. The summed E-state index contributed by atoms with van der Waals surface area (Å²) >= 11 is 0. The standard InChI is InChI=1S/C14H12F2O3S/c1-9-4-3-5-14(10(9)2)19-20(17,18)13-7-11(15)6-12(16)8-13/h3-8H,1-2H3. The Hall–Kier alpha value is -1.95. The van der Waals surface area contributed by atoms with Gasteiger partial charge in [0.25, 0.3) is 0 Å². The van der Waals surface area contributed by atoms with Crippen LogP contribution in [-0.2, 0) is 10.1 Å². The Morgan fingerprint density at radius 2 is 1.60 bits per heavy atom. The van der Waals surface area contributed by atoms with Crippen molar-refractivity contribution >= 4 is 10.1 Å². The zero-order valence-corrected chi connectivity index (χ0v) is 11.7. The van der Waals surface area contributed by atoms with Crippen molar-refractivity contribution in [2.45, 2.75) is 18.7 Å². The van der Waals surface area contributed by atoms with Crippen LogP contribution in [0.4, 0.5) is 8.78 Å². The number of hydrogen-bond donors (Lipinski definition) is 0. The third-order valence-corrected chi connectivity index (χ3v) is 4.09. The van der Waals surface area contributed by atoms with Crippen LogP contribution in [0.25, 0.3) is 0 Å². The summed E-state index contributed by atoms with van der Waals surface area (Å²) in [6.07, 6.45) is 0. The molecule has 0 saturated heterocycles. The van der Waals surface area contributed by atoms with Crippen molar-refractivity contribution in [2.24, 2.45) is 0 Å². The summed E-state index contributed by atoms with van der Waals surface area (Å²) in [6, 6.07) is 6.94. The number of halogens is 2. The molecule has 0 amide bonds. The molecule has 0 heterocycles. The SMILES string of the molecule is Cc1cccc(OS(=O)(=O)c2cc(F)cc(F)c2)c1C. The summed E-state index contributed by atoms with van der Waals surface area (Å²) in [6.45, 7) is 3.50. The average Bonchev–Trinajstić information content (AvgIpc) is 2.33. The first-order valence-electron chi connectivity index (χ1n) is 5.76. The fraction of sp³-hybridized carbons (Fsp3) is 0.143. The number of aryl methyl sites for hydroxylation is 1. The Morgan fingerprint density at radius 3 is 2.20 bits per heavy atom. The van der Waals surface area contributed by atoms with Gasteiger partial charge in [-0.15, -0.1) is 0 Å². The van der Waals surface area contributed by atoms with Crippen LogP contribution in [0.15, 0.2) is 41.3 Å². The number of rotatable bonds is 3. The quantitative estimate of drug-likeness (QED) is 0.816. The molecule has 106 valence electrons. The van der Waals surface area contributed by atoms with Crippen molar-refractivity contribution in [1.29, 1.82) is 0 Å². The molecule has 3 nitrogen and oxygen atoms in total. The molecule has 2 rings (SSSR count). The highest BCUT2D eigenvalue weighted by Crippen LogP contribution is 2.25. The van der Waals surface area contributed by atoms with E-state index in [0.29, 0.717) is 23.8 Å². The van der Waals surface area contributed by atoms with Crippen LogP contribution in [0.2, 0.25) is 0 Å². The molecule has 0 spiro atoms. The van der Waals surface area contributed by atoms with E-state index in [-0.39, 0.29) is 5.75 Å². The second-order valence-corrected chi connectivity index (χ2v) is 5.89. The molecule has 6 heteroatoms. The highest BCUT2D eigenvalue weighted by atomic mass is 32.2. The van der Waals surface area contributed by atoms with Gasteiger partial charge >= 0.3 is 10.1 Å². The molecule has 0 N–H and O–H groups in total. The molecule has 0 fully saturated rings. The molecule has 0 aliphatic rings. The Labute approximate surface area is 115 Å². The lowest BCUT2D eigenvalue weighted by Crippen LogP contribution is -2.11. The lowest BCUT2D eigenvalue weighted by molar-refractivity contribution is 0.480. The zero-order valence-electron chi connectivity index (χ0n) is 10.9. The summed E-state index contributed by atoms with van der Waals surface area (Å²) in [5.74, 6) is -1.82. The molecule has 0 radical (unpaired) electrons. The first kappa shape index (κ1) is 14.5. The maximum atomic E-state index is 13.1. The fourth-order valence-corrected chi connectivity index (χ4v) is 2.68. The molecule has 0 atom stereocenters. The van der Waals surface area contributed by atoms with Crippen LogP contribution < -0.4 is 4.18 Å². The molecule has 0 bridgehead atoms. The monoisotopic (exact) mass is 298 g/mol. The summed E-state index contributed by atoms with van der Waals surface area (Å²) in [7, 11) is -4.28. The second-order valence-electron chi connectivity index (χ2n) is 4.34. The van der Waals surface area contributed by atoms with E-state index in [4.69, 9.17) is 4.18 Å².